The zero-order valence-electron chi connectivity index (χ0n) is 10.2. The summed E-state index contributed by atoms with van der Waals surface area (Å²) in [6.07, 6.45) is 1.13. The molecule has 0 saturated carbocycles. The molecule has 0 bridgehead atoms. The van der Waals surface area contributed by atoms with Crippen molar-refractivity contribution in [1.29, 1.82) is 0 Å². The van der Waals surface area contributed by atoms with Gasteiger partial charge in [-0.3, -0.25) is 0 Å². The van der Waals surface area contributed by atoms with E-state index in [2.05, 4.69) is 35.9 Å². The van der Waals surface area contributed by atoms with Crippen molar-refractivity contribution in [2.24, 2.45) is 0 Å². The molecule has 0 aromatic heterocycles. The first-order chi connectivity index (χ1) is 8.20. The maximum Gasteiger partial charge on any atom is 0.0939 e. The molecule has 1 saturated heterocycles. The van der Waals surface area contributed by atoms with Crippen LogP contribution in [0.3, 0.4) is 0 Å². The Kier molecular flexibility index (Phi) is 3.95. The summed E-state index contributed by atoms with van der Waals surface area (Å²) < 4.78 is 0. The van der Waals surface area contributed by atoms with E-state index in [1.54, 1.807) is 0 Å². The van der Waals surface area contributed by atoms with E-state index >= 15 is 0 Å². The summed E-state index contributed by atoms with van der Waals surface area (Å²) in [6.45, 7) is 9.28. The highest BCUT2D eigenvalue weighted by Gasteiger charge is 2.28. The van der Waals surface area contributed by atoms with Crippen LogP contribution in [0.25, 0.3) is 0 Å². The van der Waals surface area contributed by atoms with Gasteiger partial charge in [0, 0.05) is 30.6 Å². The van der Waals surface area contributed by atoms with Crippen molar-refractivity contribution in [1.82, 2.24) is 10.2 Å². The fraction of sp³-hybridized carbons (Fsp3) is 0.429. The van der Waals surface area contributed by atoms with Gasteiger partial charge < -0.3 is 10.2 Å². The Morgan fingerprint density at radius 1 is 1.53 bits per heavy atom. The Labute approximate surface area is 108 Å². The van der Waals surface area contributed by atoms with Crippen molar-refractivity contribution in [2.75, 3.05) is 19.6 Å². The SMILES string of the molecule is C=C(NCCC)N1CC(c2cccc(Cl)c2)C1. The molecule has 92 valence electrons. The van der Waals surface area contributed by atoms with E-state index in [0.717, 1.165) is 36.9 Å². The molecule has 1 aliphatic heterocycles. The molecular weight excluding hydrogens is 232 g/mol. The molecule has 1 aliphatic rings. The largest absolute Gasteiger partial charge is 0.372 e. The molecular formula is C14H19ClN2. The van der Waals surface area contributed by atoms with Crippen molar-refractivity contribution in [3.05, 3.63) is 47.3 Å². The molecule has 1 aromatic carbocycles. The molecule has 0 unspecified atom stereocenters. The van der Waals surface area contributed by atoms with Gasteiger partial charge in [0.25, 0.3) is 0 Å². The second-order valence-corrected chi connectivity index (χ2v) is 4.97. The van der Waals surface area contributed by atoms with Crippen LogP contribution in [0.1, 0.15) is 24.8 Å². The smallest absolute Gasteiger partial charge is 0.0939 e. The van der Waals surface area contributed by atoms with Crippen molar-refractivity contribution in [2.45, 2.75) is 19.3 Å². The first-order valence-corrected chi connectivity index (χ1v) is 6.51. The maximum absolute atomic E-state index is 5.99. The van der Waals surface area contributed by atoms with Crippen LogP contribution in [-0.4, -0.2) is 24.5 Å². The van der Waals surface area contributed by atoms with Gasteiger partial charge in [0.1, 0.15) is 0 Å². The molecule has 0 amide bonds. The van der Waals surface area contributed by atoms with Crippen molar-refractivity contribution in [3.63, 3.8) is 0 Å². The monoisotopic (exact) mass is 250 g/mol. The second-order valence-electron chi connectivity index (χ2n) is 4.53. The van der Waals surface area contributed by atoms with Crippen molar-refractivity contribution in [3.8, 4) is 0 Å². The minimum atomic E-state index is 0.592. The van der Waals surface area contributed by atoms with Crippen LogP contribution in [-0.2, 0) is 0 Å². The summed E-state index contributed by atoms with van der Waals surface area (Å²) in [5.41, 5.74) is 1.33. The highest BCUT2D eigenvalue weighted by Crippen LogP contribution is 2.29. The van der Waals surface area contributed by atoms with Crippen LogP contribution in [0.5, 0.6) is 0 Å². The summed E-state index contributed by atoms with van der Waals surface area (Å²) in [5.74, 6) is 1.64. The number of hydrogen-bond acceptors (Lipinski definition) is 2. The molecule has 1 N–H and O–H groups in total. The number of benzene rings is 1. The topological polar surface area (TPSA) is 15.3 Å². The van der Waals surface area contributed by atoms with E-state index in [0.29, 0.717) is 5.92 Å². The fourth-order valence-electron chi connectivity index (χ4n) is 2.05. The van der Waals surface area contributed by atoms with Crippen LogP contribution in [0.15, 0.2) is 36.7 Å². The van der Waals surface area contributed by atoms with Gasteiger partial charge in [0.05, 0.1) is 5.82 Å². The third-order valence-corrected chi connectivity index (χ3v) is 3.40. The van der Waals surface area contributed by atoms with Gasteiger partial charge in [-0.25, -0.2) is 0 Å². The number of nitrogens with zero attached hydrogens (tertiary/aromatic N) is 1. The Hall–Kier alpha value is -1.15. The molecule has 0 spiro atoms. The molecule has 3 heteroatoms. The molecule has 1 aromatic rings. The van der Waals surface area contributed by atoms with E-state index in [9.17, 15) is 0 Å². The number of halogens is 1. The van der Waals surface area contributed by atoms with Crippen LogP contribution >= 0.6 is 11.6 Å². The molecule has 0 radical (unpaired) electrons. The van der Waals surface area contributed by atoms with Gasteiger partial charge >= 0.3 is 0 Å². The summed E-state index contributed by atoms with van der Waals surface area (Å²) >= 11 is 5.99. The van der Waals surface area contributed by atoms with Crippen LogP contribution in [0.4, 0.5) is 0 Å². The fourth-order valence-corrected chi connectivity index (χ4v) is 2.25. The number of hydrogen-bond donors (Lipinski definition) is 1. The van der Waals surface area contributed by atoms with Gasteiger partial charge in [-0.15, -0.1) is 0 Å². The first-order valence-electron chi connectivity index (χ1n) is 6.14. The molecule has 0 atom stereocenters. The van der Waals surface area contributed by atoms with Crippen molar-refractivity contribution < 1.29 is 0 Å². The second kappa shape index (κ2) is 5.46. The van der Waals surface area contributed by atoms with E-state index in [1.165, 1.54) is 5.56 Å². The zero-order chi connectivity index (χ0) is 12.3. The lowest BCUT2D eigenvalue weighted by atomic mass is 9.92. The van der Waals surface area contributed by atoms with Gasteiger partial charge in [0.15, 0.2) is 0 Å². The lowest BCUT2D eigenvalue weighted by molar-refractivity contribution is 0.186. The Bertz CT molecular complexity index is 397. The van der Waals surface area contributed by atoms with Gasteiger partial charge in [0.2, 0.25) is 0 Å². The minimum Gasteiger partial charge on any atom is -0.372 e. The maximum atomic E-state index is 5.99. The molecule has 2 rings (SSSR count). The predicted molar refractivity (Wildman–Crippen MR) is 73.2 cm³/mol. The van der Waals surface area contributed by atoms with E-state index in [4.69, 9.17) is 11.6 Å². The van der Waals surface area contributed by atoms with Gasteiger partial charge in [-0.1, -0.05) is 37.2 Å². The average Bonchev–Trinajstić information content (AvgIpc) is 2.24. The molecule has 1 heterocycles. The highest BCUT2D eigenvalue weighted by molar-refractivity contribution is 6.30. The minimum absolute atomic E-state index is 0.592. The van der Waals surface area contributed by atoms with Crippen molar-refractivity contribution >= 4 is 11.6 Å². The molecule has 1 fully saturated rings. The lowest BCUT2D eigenvalue weighted by Crippen LogP contribution is -2.47. The standard InChI is InChI=1S/C14H19ClN2/c1-3-7-16-11(2)17-9-13(10-17)12-5-4-6-14(15)8-12/h4-6,8,13,16H,2-3,7,9-10H2,1H3. The van der Waals surface area contributed by atoms with Gasteiger partial charge in [-0.05, 0) is 24.1 Å². The van der Waals surface area contributed by atoms with E-state index < -0.39 is 0 Å². The van der Waals surface area contributed by atoms with Gasteiger partial charge in [-0.2, -0.15) is 0 Å². The van der Waals surface area contributed by atoms with E-state index in [-0.39, 0.29) is 0 Å². The van der Waals surface area contributed by atoms with E-state index in [1.807, 2.05) is 12.1 Å². The van der Waals surface area contributed by atoms with Crippen LogP contribution < -0.4 is 5.32 Å². The number of rotatable bonds is 5. The molecule has 17 heavy (non-hydrogen) atoms. The zero-order valence-corrected chi connectivity index (χ0v) is 11.0. The molecule has 2 nitrogen and oxygen atoms in total. The first kappa shape index (κ1) is 12.3. The lowest BCUT2D eigenvalue weighted by Gasteiger charge is -2.42. The molecule has 0 aliphatic carbocycles. The summed E-state index contributed by atoms with van der Waals surface area (Å²) in [7, 11) is 0. The predicted octanol–water partition coefficient (Wildman–Crippen LogP) is 3.21. The summed E-state index contributed by atoms with van der Waals surface area (Å²) in [6, 6.07) is 8.15. The Balaban J connectivity index is 1.84. The Morgan fingerprint density at radius 3 is 2.94 bits per heavy atom. The highest BCUT2D eigenvalue weighted by atomic mass is 35.5. The Morgan fingerprint density at radius 2 is 2.29 bits per heavy atom. The third kappa shape index (κ3) is 2.95. The number of likely N-dealkylation sites (tertiary alicyclic amines) is 1. The summed E-state index contributed by atoms with van der Waals surface area (Å²) in [5, 5.41) is 4.15. The normalized spacial score (nSPS) is 15.5. The number of nitrogens with one attached hydrogen (secondary N) is 1. The third-order valence-electron chi connectivity index (χ3n) is 3.16. The summed E-state index contributed by atoms with van der Waals surface area (Å²) in [4.78, 5) is 2.28. The van der Waals surface area contributed by atoms with Crippen LogP contribution in [0.2, 0.25) is 5.02 Å². The quantitative estimate of drug-likeness (QED) is 0.863. The average molecular weight is 251 g/mol. The van der Waals surface area contributed by atoms with Crippen LogP contribution in [0, 0.1) is 0 Å².